The van der Waals surface area contributed by atoms with Crippen molar-refractivity contribution in [3.8, 4) is 0 Å². The predicted molar refractivity (Wildman–Crippen MR) is 148 cm³/mol. The Hall–Kier alpha value is -1.70. The number of benzene rings is 1. The van der Waals surface area contributed by atoms with Crippen LogP contribution in [0.5, 0.6) is 0 Å². The molecule has 36 heavy (non-hydrogen) atoms. The molecule has 0 aliphatic heterocycles. The van der Waals surface area contributed by atoms with Gasteiger partial charge >= 0.3 is 0 Å². The van der Waals surface area contributed by atoms with Crippen molar-refractivity contribution in [1.82, 2.24) is 5.32 Å². The molecule has 0 spiro atoms. The van der Waals surface area contributed by atoms with Crippen LogP contribution in [-0.2, 0) is 23.8 Å². The molecule has 1 rings (SSSR count). The van der Waals surface area contributed by atoms with Crippen molar-refractivity contribution in [3.05, 3.63) is 42.0 Å². The molecule has 0 fully saturated rings. The van der Waals surface area contributed by atoms with E-state index in [1.54, 1.807) is 12.1 Å². The molecule has 6 nitrogen and oxygen atoms in total. The van der Waals surface area contributed by atoms with Gasteiger partial charge in [0.25, 0.3) is 10.1 Å². The van der Waals surface area contributed by atoms with E-state index in [1.807, 2.05) is 6.92 Å². The number of hydrogen-bond acceptors (Lipinski definition) is 5. The number of allylic oxidation sites excluding steroid dienone is 2. The second-order valence-corrected chi connectivity index (χ2v) is 11.0. The van der Waals surface area contributed by atoms with Crippen LogP contribution in [0.3, 0.4) is 0 Å². The lowest BCUT2D eigenvalue weighted by Crippen LogP contribution is -2.27. The number of nitrogens with one attached hydrogen (secondary N) is 1. The van der Waals surface area contributed by atoms with Crippen LogP contribution < -0.4 is 5.32 Å². The summed E-state index contributed by atoms with van der Waals surface area (Å²) in [6, 6.07) is 6.51. The molecule has 7 heteroatoms. The fraction of sp³-hybridized carbons (Fsp3) is 0.690. The molecular weight excluding hydrogens is 474 g/mol. The minimum Gasteiger partial charge on any atom is -0.377 e. The molecule has 1 N–H and O–H groups in total. The molecule has 0 saturated carbocycles. The van der Waals surface area contributed by atoms with Crippen LogP contribution in [0.1, 0.15) is 102 Å². The van der Waals surface area contributed by atoms with E-state index in [2.05, 4.69) is 24.4 Å². The molecule has 206 valence electrons. The summed E-state index contributed by atoms with van der Waals surface area (Å²) in [7, 11) is -3.77. The van der Waals surface area contributed by atoms with Crippen molar-refractivity contribution in [3.63, 3.8) is 0 Å². The quantitative estimate of drug-likeness (QED) is 0.0961. The van der Waals surface area contributed by atoms with Crippen molar-refractivity contribution >= 4 is 16.0 Å². The van der Waals surface area contributed by atoms with E-state index in [1.165, 1.54) is 82.8 Å². The molecule has 0 saturated heterocycles. The first-order chi connectivity index (χ1) is 17.5. The van der Waals surface area contributed by atoms with Gasteiger partial charge < -0.3 is 10.1 Å². The Balaban J connectivity index is 1.87. The maximum absolute atomic E-state index is 12.1. The fourth-order valence-electron chi connectivity index (χ4n) is 3.78. The predicted octanol–water partition coefficient (Wildman–Crippen LogP) is 6.87. The second-order valence-electron chi connectivity index (χ2n) is 9.39. The zero-order chi connectivity index (χ0) is 26.3. The fourth-order valence-corrected chi connectivity index (χ4v) is 4.68. The Morgan fingerprint density at radius 2 is 1.39 bits per heavy atom. The van der Waals surface area contributed by atoms with Crippen molar-refractivity contribution in [2.45, 2.75) is 109 Å². The third kappa shape index (κ3) is 17.7. The highest BCUT2D eigenvalue weighted by Gasteiger charge is 2.14. The van der Waals surface area contributed by atoms with Gasteiger partial charge in [0.2, 0.25) is 5.91 Å². The van der Waals surface area contributed by atoms with Crippen LogP contribution in [0.4, 0.5) is 0 Å². The summed E-state index contributed by atoms with van der Waals surface area (Å²) in [5, 5.41) is 2.84. The molecular formula is C29H49NO5S. The number of ether oxygens (including phenoxy) is 1. The summed E-state index contributed by atoms with van der Waals surface area (Å²) >= 11 is 0. The number of unbranched alkanes of at least 4 members (excludes halogenated alkanes) is 11. The Kier molecular flexibility index (Phi) is 19.2. The molecule has 1 aromatic carbocycles. The van der Waals surface area contributed by atoms with Gasteiger partial charge in [-0.05, 0) is 51.2 Å². The van der Waals surface area contributed by atoms with Crippen molar-refractivity contribution in [2.24, 2.45) is 0 Å². The van der Waals surface area contributed by atoms with E-state index in [0.29, 0.717) is 19.6 Å². The van der Waals surface area contributed by atoms with Crippen molar-refractivity contribution in [1.29, 1.82) is 0 Å². The number of carbonyl (C=O) groups is 1. The third-order valence-corrected chi connectivity index (χ3v) is 7.34. The van der Waals surface area contributed by atoms with Crippen molar-refractivity contribution < 1.29 is 22.1 Å². The van der Waals surface area contributed by atoms with E-state index in [4.69, 9.17) is 8.92 Å². The van der Waals surface area contributed by atoms with E-state index in [-0.39, 0.29) is 24.0 Å². The van der Waals surface area contributed by atoms with Crippen LogP contribution in [-0.4, -0.2) is 40.7 Å². The number of aryl methyl sites for hydroxylation is 1. The highest BCUT2D eigenvalue weighted by Crippen LogP contribution is 2.13. The zero-order valence-corrected chi connectivity index (χ0v) is 23.5. The van der Waals surface area contributed by atoms with Crippen LogP contribution >= 0.6 is 0 Å². The van der Waals surface area contributed by atoms with Crippen molar-refractivity contribution in [2.75, 3.05) is 26.4 Å². The van der Waals surface area contributed by atoms with Gasteiger partial charge in [-0.25, -0.2) is 0 Å². The molecule has 0 heterocycles. The summed E-state index contributed by atoms with van der Waals surface area (Å²) in [4.78, 5) is 12.0. The Labute approximate surface area is 220 Å². The summed E-state index contributed by atoms with van der Waals surface area (Å²) in [6.45, 7) is 4.98. The molecule has 1 aromatic rings. The highest BCUT2D eigenvalue weighted by atomic mass is 32.2. The smallest absolute Gasteiger partial charge is 0.297 e. The lowest BCUT2D eigenvalue weighted by molar-refractivity contribution is -0.121. The Morgan fingerprint density at radius 3 is 2.03 bits per heavy atom. The lowest BCUT2D eigenvalue weighted by atomic mass is 10.1. The highest BCUT2D eigenvalue weighted by molar-refractivity contribution is 7.86. The van der Waals surface area contributed by atoms with E-state index in [0.717, 1.165) is 18.4 Å². The van der Waals surface area contributed by atoms with Gasteiger partial charge in [-0.1, -0.05) is 88.1 Å². The average Bonchev–Trinajstić information content (AvgIpc) is 2.86. The summed E-state index contributed by atoms with van der Waals surface area (Å²) in [5.41, 5.74) is 0.983. The second kappa shape index (κ2) is 21.4. The van der Waals surface area contributed by atoms with Gasteiger partial charge in [-0.3, -0.25) is 8.98 Å². The summed E-state index contributed by atoms with van der Waals surface area (Å²) < 4.78 is 34.5. The number of carbonyl (C=O) groups excluding carboxylic acids is 1. The third-order valence-electron chi connectivity index (χ3n) is 6.01. The molecule has 0 aliphatic carbocycles. The molecule has 0 atom stereocenters. The van der Waals surface area contributed by atoms with Gasteiger partial charge in [0, 0.05) is 13.0 Å². The minimum absolute atomic E-state index is 0.0365. The first-order valence-electron chi connectivity index (χ1n) is 13.9. The molecule has 0 aliphatic rings. The largest absolute Gasteiger partial charge is 0.377 e. The SMILES string of the molecule is CCCCCCCC/C=C\CCCCCCCC(=O)NCCOCCOS(=O)(=O)c1ccc(C)cc1. The first kappa shape index (κ1) is 32.3. The average molecular weight is 524 g/mol. The minimum atomic E-state index is -3.77. The van der Waals surface area contributed by atoms with Crippen LogP contribution in [0.2, 0.25) is 0 Å². The molecule has 0 aromatic heterocycles. The standard InChI is InChI=1S/C29H49NO5S/c1-3-4-5-6-7-8-9-10-11-12-13-14-15-16-17-18-29(31)30-23-24-34-25-26-35-36(32,33)28-21-19-27(2)20-22-28/h10-11,19-22H,3-9,12-18,23-26H2,1-2H3,(H,30,31)/b11-10-. The summed E-state index contributed by atoms with van der Waals surface area (Å²) in [6.07, 6.45) is 21.3. The van der Waals surface area contributed by atoms with Crippen LogP contribution in [0.15, 0.2) is 41.3 Å². The molecule has 1 amide bonds. The topological polar surface area (TPSA) is 81.7 Å². The Morgan fingerprint density at radius 1 is 0.806 bits per heavy atom. The maximum atomic E-state index is 12.1. The molecule has 0 bridgehead atoms. The van der Waals surface area contributed by atoms with E-state index >= 15 is 0 Å². The zero-order valence-electron chi connectivity index (χ0n) is 22.6. The van der Waals surface area contributed by atoms with Crippen LogP contribution in [0.25, 0.3) is 0 Å². The maximum Gasteiger partial charge on any atom is 0.297 e. The first-order valence-corrected chi connectivity index (χ1v) is 15.3. The van der Waals surface area contributed by atoms with Gasteiger partial charge in [-0.15, -0.1) is 0 Å². The van der Waals surface area contributed by atoms with Gasteiger partial charge in [0.1, 0.15) is 0 Å². The van der Waals surface area contributed by atoms with Gasteiger partial charge in [-0.2, -0.15) is 8.42 Å². The van der Waals surface area contributed by atoms with E-state index < -0.39 is 10.1 Å². The molecule has 0 radical (unpaired) electrons. The van der Waals surface area contributed by atoms with E-state index in [9.17, 15) is 13.2 Å². The van der Waals surface area contributed by atoms with Gasteiger partial charge in [0.15, 0.2) is 0 Å². The number of amides is 1. The lowest BCUT2D eigenvalue weighted by Gasteiger charge is -2.08. The number of hydrogen-bond donors (Lipinski definition) is 1. The monoisotopic (exact) mass is 523 g/mol. The number of rotatable bonds is 23. The summed E-state index contributed by atoms with van der Waals surface area (Å²) in [5.74, 6) is 0.0365. The Bertz CT molecular complexity index is 805. The van der Waals surface area contributed by atoms with Crippen LogP contribution in [0, 0.1) is 6.92 Å². The van der Waals surface area contributed by atoms with Gasteiger partial charge in [0.05, 0.1) is 24.7 Å². The molecule has 0 unspecified atom stereocenters. The normalized spacial score (nSPS) is 11.8.